The van der Waals surface area contributed by atoms with Gasteiger partial charge in [-0.05, 0) is 63.6 Å². The number of amides is 3. The van der Waals surface area contributed by atoms with E-state index in [1.54, 1.807) is 34.1 Å². The molecule has 3 amide bonds. The lowest BCUT2D eigenvalue weighted by Crippen LogP contribution is -2.54. The lowest BCUT2D eigenvalue weighted by atomic mass is 9.97. The Balaban J connectivity index is 1.47. The number of esters is 1. The minimum Gasteiger partial charge on any atom is -0.508 e. The van der Waals surface area contributed by atoms with Crippen molar-refractivity contribution in [1.29, 1.82) is 0 Å². The highest BCUT2D eigenvalue weighted by Crippen LogP contribution is 2.23. The van der Waals surface area contributed by atoms with Crippen LogP contribution in [0.4, 0.5) is 4.79 Å². The number of phenols is 1. The molecule has 234 valence electrons. The van der Waals surface area contributed by atoms with Crippen LogP contribution in [0.3, 0.4) is 0 Å². The van der Waals surface area contributed by atoms with Crippen LogP contribution in [0.15, 0.2) is 24.3 Å². The van der Waals surface area contributed by atoms with Crippen molar-refractivity contribution in [3.05, 3.63) is 29.8 Å². The number of phenolic OH excluding ortho intramolecular Hbond substituents is 1. The second-order valence-corrected chi connectivity index (χ2v) is 12.3. The number of piperazine rings is 1. The van der Waals surface area contributed by atoms with E-state index < -0.39 is 23.7 Å². The third kappa shape index (κ3) is 9.89. The van der Waals surface area contributed by atoms with E-state index in [0.29, 0.717) is 65.0 Å². The fraction of sp³-hybridized carbons (Fsp3) is 0.677. The summed E-state index contributed by atoms with van der Waals surface area (Å²) in [4.78, 5) is 57.1. The Morgan fingerprint density at radius 2 is 1.71 bits per heavy atom. The van der Waals surface area contributed by atoms with Crippen LogP contribution >= 0.6 is 0 Å². The normalized spacial score (nSPS) is 19.2. The number of carbonyl (C=O) groups is 4. The Morgan fingerprint density at radius 3 is 2.33 bits per heavy atom. The highest BCUT2D eigenvalue weighted by molar-refractivity contribution is 5.91. The van der Waals surface area contributed by atoms with E-state index in [-0.39, 0.29) is 42.6 Å². The largest absolute Gasteiger partial charge is 0.508 e. The molecular formula is C31H48N4O7. The van der Waals surface area contributed by atoms with Gasteiger partial charge in [0.05, 0.1) is 0 Å². The number of nitrogens with zero attached hydrogens (tertiary/aromatic N) is 3. The van der Waals surface area contributed by atoms with Gasteiger partial charge in [-0.3, -0.25) is 14.5 Å². The molecule has 42 heavy (non-hydrogen) atoms. The van der Waals surface area contributed by atoms with Gasteiger partial charge in [0, 0.05) is 45.7 Å². The zero-order valence-electron chi connectivity index (χ0n) is 25.8. The maximum absolute atomic E-state index is 13.6. The molecular weight excluding hydrogens is 540 g/mol. The molecule has 2 N–H and O–H groups in total. The summed E-state index contributed by atoms with van der Waals surface area (Å²) in [6.07, 6.45) is 2.30. The van der Waals surface area contributed by atoms with Crippen molar-refractivity contribution < 1.29 is 33.8 Å². The first-order valence-electron chi connectivity index (χ1n) is 15.1. The van der Waals surface area contributed by atoms with Crippen molar-refractivity contribution in [1.82, 2.24) is 20.0 Å². The fourth-order valence-corrected chi connectivity index (χ4v) is 5.16. The lowest BCUT2D eigenvalue weighted by Gasteiger charge is -2.35. The number of ether oxygens (including phenoxy) is 2. The van der Waals surface area contributed by atoms with E-state index in [1.165, 1.54) is 0 Å². The molecule has 0 aromatic heterocycles. The molecule has 0 unspecified atom stereocenters. The van der Waals surface area contributed by atoms with Crippen LogP contribution < -0.4 is 5.32 Å². The summed E-state index contributed by atoms with van der Waals surface area (Å²) in [5.41, 5.74) is 0.383. The first kappa shape index (κ1) is 33.2. The van der Waals surface area contributed by atoms with Gasteiger partial charge in [-0.1, -0.05) is 32.4 Å². The number of likely N-dealkylation sites (tertiary alicyclic amines) is 1. The van der Waals surface area contributed by atoms with Crippen molar-refractivity contribution in [2.24, 2.45) is 5.92 Å². The first-order chi connectivity index (χ1) is 19.9. The van der Waals surface area contributed by atoms with Crippen LogP contribution in [-0.2, 0) is 30.3 Å². The molecule has 0 bridgehead atoms. The molecule has 3 rings (SSSR count). The number of carbonyl (C=O) groups excluding carboxylic acids is 4. The van der Waals surface area contributed by atoms with Gasteiger partial charge in [-0.2, -0.15) is 0 Å². The molecule has 0 radical (unpaired) electrons. The fourth-order valence-electron chi connectivity index (χ4n) is 5.16. The van der Waals surface area contributed by atoms with E-state index in [0.717, 1.165) is 5.56 Å². The van der Waals surface area contributed by atoms with E-state index in [1.807, 2.05) is 34.6 Å². The van der Waals surface area contributed by atoms with Crippen LogP contribution in [0.5, 0.6) is 5.75 Å². The van der Waals surface area contributed by atoms with Gasteiger partial charge in [0.25, 0.3) is 0 Å². The average molecular weight is 589 g/mol. The van der Waals surface area contributed by atoms with Gasteiger partial charge in [-0.15, -0.1) is 0 Å². The Bertz CT molecular complexity index is 1060. The molecule has 0 aliphatic carbocycles. The predicted molar refractivity (Wildman–Crippen MR) is 158 cm³/mol. The number of hydrogen-bond acceptors (Lipinski definition) is 8. The van der Waals surface area contributed by atoms with Crippen molar-refractivity contribution in [2.75, 3.05) is 45.9 Å². The quantitative estimate of drug-likeness (QED) is 0.378. The molecule has 0 saturated carbocycles. The number of aromatic hydroxyl groups is 1. The zero-order valence-corrected chi connectivity index (χ0v) is 25.8. The molecule has 2 saturated heterocycles. The summed E-state index contributed by atoms with van der Waals surface area (Å²) in [6, 6.07) is 5.31. The minimum absolute atomic E-state index is 0.105. The molecule has 2 aliphatic rings. The van der Waals surface area contributed by atoms with Crippen LogP contribution in [0, 0.1) is 5.92 Å². The smallest absolute Gasteiger partial charge is 0.410 e. The third-order valence-corrected chi connectivity index (χ3v) is 7.86. The Hall–Kier alpha value is -3.34. The maximum atomic E-state index is 13.6. The molecule has 11 nitrogen and oxygen atoms in total. The van der Waals surface area contributed by atoms with E-state index in [2.05, 4.69) is 10.2 Å². The van der Waals surface area contributed by atoms with E-state index in [9.17, 15) is 24.3 Å². The SMILES string of the molecule is CC[C@H](C)[C@H](NC(=O)CCc1ccc(O)cc1)C(=O)N1CCC[C@H]1C(=O)OCCN1CCN(C(=O)OC(C)(C)C)CC1. The van der Waals surface area contributed by atoms with Gasteiger partial charge >= 0.3 is 12.1 Å². The number of benzene rings is 1. The van der Waals surface area contributed by atoms with Crippen molar-refractivity contribution >= 4 is 23.9 Å². The van der Waals surface area contributed by atoms with Gasteiger partial charge in [0.1, 0.15) is 30.0 Å². The summed E-state index contributed by atoms with van der Waals surface area (Å²) in [5, 5.41) is 12.4. The number of hydrogen-bond donors (Lipinski definition) is 2. The van der Waals surface area contributed by atoms with Gasteiger partial charge in [-0.25, -0.2) is 9.59 Å². The molecule has 1 aromatic carbocycles. The average Bonchev–Trinajstić information content (AvgIpc) is 3.44. The van der Waals surface area contributed by atoms with Crippen molar-refractivity contribution in [2.45, 2.75) is 84.4 Å². The number of aryl methyl sites for hydroxylation is 1. The molecule has 2 fully saturated rings. The predicted octanol–water partition coefficient (Wildman–Crippen LogP) is 2.94. The van der Waals surface area contributed by atoms with E-state index in [4.69, 9.17) is 9.47 Å². The number of rotatable bonds is 11. The Morgan fingerprint density at radius 1 is 1.05 bits per heavy atom. The second kappa shape index (κ2) is 15.2. The molecule has 1 aromatic rings. The highest BCUT2D eigenvalue weighted by Gasteiger charge is 2.40. The van der Waals surface area contributed by atoms with Crippen molar-refractivity contribution in [3.8, 4) is 5.75 Å². The van der Waals surface area contributed by atoms with Gasteiger partial charge in [0.15, 0.2) is 0 Å². The number of nitrogens with one attached hydrogen (secondary N) is 1. The summed E-state index contributed by atoms with van der Waals surface area (Å²) in [5.74, 6) is -0.837. The van der Waals surface area contributed by atoms with Crippen LogP contribution in [-0.4, -0.2) is 107 Å². The Kier molecular flexibility index (Phi) is 12.0. The minimum atomic E-state index is -0.725. The summed E-state index contributed by atoms with van der Waals surface area (Å²) >= 11 is 0. The second-order valence-electron chi connectivity index (χ2n) is 12.3. The maximum Gasteiger partial charge on any atom is 0.410 e. The lowest BCUT2D eigenvalue weighted by molar-refractivity contribution is -0.155. The zero-order chi connectivity index (χ0) is 30.9. The van der Waals surface area contributed by atoms with Gasteiger partial charge in [0.2, 0.25) is 11.8 Å². The first-order valence-corrected chi connectivity index (χ1v) is 15.1. The molecule has 11 heteroatoms. The summed E-state index contributed by atoms with van der Waals surface area (Å²) < 4.78 is 11.0. The summed E-state index contributed by atoms with van der Waals surface area (Å²) in [7, 11) is 0. The van der Waals surface area contributed by atoms with E-state index >= 15 is 0 Å². The van der Waals surface area contributed by atoms with Crippen LogP contribution in [0.1, 0.15) is 65.9 Å². The third-order valence-electron chi connectivity index (χ3n) is 7.86. The van der Waals surface area contributed by atoms with Crippen LogP contribution in [0.2, 0.25) is 0 Å². The molecule has 2 heterocycles. The Labute approximate surface area is 249 Å². The standard InChI is InChI=1S/C31H48N4O7/c1-6-22(2)27(32-26(37)14-11-23-9-12-24(36)13-10-23)28(38)35-15-7-8-25(35)29(39)41-21-20-33-16-18-34(19-17-33)30(40)42-31(3,4)5/h9-10,12-13,22,25,27,36H,6-8,11,14-21H2,1-5H3,(H,32,37)/t22-,25-,27-/m0/s1. The monoisotopic (exact) mass is 588 g/mol. The van der Waals surface area contributed by atoms with Gasteiger partial charge < -0.3 is 29.7 Å². The molecule has 0 spiro atoms. The summed E-state index contributed by atoms with van der Waals surface area (Å²) in [6.45, 7) is 13.0. The topological polar surface area (TPSA) is 129 Å². The van der Waals surface area contributed by atoms with Crippen molar-refractivity contribution in [3.63, 3.8) is 0 Å². The van der Waals surface area contributed by atoms with Crippen LogP contribution in [0.25, 0.3) is 0 Å². The molecule has 3 atom stereocenters. The molecule has 2 aliphatic heterocycles. The highest BCUT2D eigenvalue weighted by atomic mass is 16.6.